The lowest BCUT2D eigenvalue weighted by atomic mass is 9.90. The number of hydrogen-bond donors (Lipinski definition) is 1. The van der Waals surface area contributed by atoms with Gasteiger partial charge >= 0.3 is 0 Å². The molecule has 3 saturated heterocycles. The molecule has 0 spiro atoms. The van der Waals surface area contributed by atoms with Crippen molar-refractivity contribution in [3.63, 3.8) is 0 Å². The summed E-state index contributed by atoms with van der Waals surface area (Å²) in [5.41, 5.74) is 19.7. The summed E-state index contributed by atoms with van der Waals surface area (Å²) in [5.74, 6) is 1.45. The summed E-state index contributed by atoms with van der Waals surface area (Å²) < 4.78 is 11.2. The van der Waals surface area contributed by atoms with E-state index in [2.05, 4.69) is 101 Å². The largest absolute Gasteiger partial charge is 0.395 e. The van der Waals surface area contributed by atoms with Crippen LogP contribution in [0.15, 0.2) is 143 Å². The molecule has 19 nitrogen and oxygen atoms in total. The molecule has 0 radical (unpaired) electrons. The maximum Gasteiger partial charge on any atom is 0.258 e. The molecule has 480 valence electrons. The van der Waals surface area contributed by atoms with E-state index in [0.717, 1.165) is 178 Å². The topological polar surface area (TPSA) is 185 Å². The molecule has 15 heterocycles. The average Bonchev–Trinajstić information content (AvgIpc) is 1.90. The maximum absolute atomic E-state index is 13.0. The first-order chi connectivity index (χ1) is 45.1. The van der Waals surface area contributed by atoms with Crippen LogP contribution in [0.25, 0.3) is 67.7 Å². The van der Waals surface area contributed by atoms with Crippen LogP contribution < -0.4 is 16.7 Å². The first kappa shape index (κ1) is 62.8. The van der Waals surface area contributed by atoms with Gasteiger partial charge in [-0.15, -0.1) is 0 Å². The molecule has 19 heteroatoms. The molecule has 0 aromatic carbocycles. The lowest BCUT2D eigenvalue weighted by molar-refractivity contribution is 0.164. The first-order valence-electron chi connectivity index (χ1n) is 33.4. The molecule has 12 aromatic rings. The summed E-state index contributed by atoms with van der Waals surface area (Å²) in [7, 11) is 2.17. The SMILES string of the molecule is CCc1cc(-c2cc(=O)n3cc(C4CCN(C)CC4)ccc3n2)cn2cc(C)nc12.CCc1cc(-c2cc(=O)n3cc(C4CCN(CC)CC4)ccc3n2)cn2cc(C)nc12.CCc1cc(-c2cc(=O)n3cc(C4CCN(CCO)CC4)ccc3n2)cn2cc(C)nc12. The Morgan fingerprint density at radius 2 is 0.731 bits per heavy atom. The molecule has 15 rings (SSSR count). The molecule has 0 aliphatic carbocycles. The van der Waals surface area contributed by atoms with E-state index in [-0.39, 0.29) is 23.3 Å². The molecule has 93 heavy (non-hydrogen) atoms. The minimum Gasteiger partial charge on any atom is -0.395 e. The Balaban J connectivity index is 0.000000127. The van der Waals surface area contributed by atoms with Gasteiger partial charge < -0.3 is 33.0 Å². The summed E-state index contributed by atoms with van der Waals surface area (Å²) in [6.07, 6.45) is 27.3. The molecule has 1 N–H and O–H groups in total. The summed E-state index contributed by atoms with van der Waals surface area (Å²) in [5, 5.41) is 9.15. The van der Waals surface area contributed by atoms with Gasteiger partial charge in [-0.25, -0.2) is 29.9 Å². The zero-order valence-corrected chi connectivity index (χ0v) is 55.0. The maximum atomic E-state index is 13.0. The molecule has 0 bridgehead atoms. The molecule has 3 aliphatic heterocycles. The van der Waals surface area contributed by atoms with Gasteiger partial charge in [0, 0.05) is 97.2 Å². The third kappa shape index (κ3) is 13.2. The number of aromatic nitrogens is 12. The average molecular weight is 1250 g/mol. The van der Waals surface area contributed by atoms with Crippen molar-refractivity contribution >= 4 is 33.9 Å². The van der Waals surface area contributed by atoms with E-state index >= 15 is 0 Å². The zero-order valence-electron chi connectivity index (χ0n) is 55.0. The van der Waals surface area contributed by atoms with Gasteiger partial charge in [-0.3, -0.25) is 27.6 Å². The number of likely N-dealkylation sites (tertiary alicyclic amines) is 3. The molecule has 0 unspecified atom stereocenters. The van der Waals surface area contributed by atoms with E-state index in [4.69, 9.17) is 20.1 Å². The van der Waals surface area contributed by atoms with Crippen molar-refractivity contribution in [2.24, 2.45) is 0 Å². The number of aryl methyl sites for hydroxylation is 6. The molecule has 0 saturated carbocycles. The van der Waals surface area contributed by atoms with Crippen LogP contribution in [-0.4, -0.2) is 142 Å². The lowest BCUT2D eigenvalue weighted by Crippen LogP contribution is -2.35. The summed E-state index contributed by atoms with van der Waals surface area (Å²) in [6, 6.07) is 23.6. The summed E-state index contributed by atoms with van der Waals surface area (Å²) in [6.45, 7) is 23.0. The number of piperidine rings is 3. The zero-order chi connectivity index (χ0) is 64.6. The minimum atomic E-state index is -0.0653. The van der Waals surface area contributed by atoms with Crippen molar-refractivity contribution < 1.29 is 5.11 Å². The molecule has 0 amide bonds. The number of rotatable bonds is 12. The predicted molar refractivity (Wildman–Crippen MR) is 368 cm³/mol. The Morgan fingerprint density at radius 3 is 1.04 bits per heavy atom. The molecular formula is C74H85N15O4. The van der Waals surface area contributed by atoms with Crippen molar-refractivity contribution in [3.8, 4) is 33.8 Å². The number of pyridine rings is 6. The van der Waals surface area contributed by atoms with Crippen LogP contribution in [0, 0.1) is 20.8 Å². The van der Waals surface area contributed by atoms with E-state index < -0.39 is 0 Å². The van der Waals surface area contributed by atoms with E-state index in [1.54, 1.807) is 31.4 Å². The Bertz CT molecular complexity index is 4910. The van der Waals surface area contributed by atoms with Crippen molar-refractivity contribution in [2.75, 3.05) is 66.0 Å². The molecular weight excluding hydrogens is 1160 g/mol. The Kier molecular flexibility index (Phi) is 18.2. The highest BCUT2D eigenvalue weighted by molar-refractivity contribution is 5.69. The summed E-state index contributed by atoms with van der Waals surface area (Å²) >= 11 is 0. The monoisotopic (exact) mass is 1250 g/mol. The molecule has 0 atom stereocenters. The van der Waals surface area contributed by atoms with Gasteiger partial charge in [-0.2, -0.15) is 0 Å². The fraction of sp³-hybridized carbons (Fsp3) is 0.392. The molecule has 3 fully saturated rings. The van der Waals surface area contributed by atoms with Crippen molar-refractivity contribution in [1.82, 2.24) is 71.0 Å². The third-order valence-electron chi connectivity index (χ3n) is 19.5. The van der Waals surface area contributed by atoms with Gasteiger partial charge in [-0.05, 0) is 219 Å². The van der Waals surface area contributed by atoms with Crippen molar-refractivity contribution in [1.29, 1.82) is 0 Å². The van der Waals surface area contributed by atoms with Gasteiger partial charge in [0.1, 0.15) is 33.9 Å². The van der Waals surface area contributed by atoms with Crippen molar-refractivity contribution in [2.45, 2.75) is 124 Å². The van der Waals surface area contributed by atoms with Gasteiger partial charge in [-0.1, -0.05) is 45.9 Å². The fourth-order valence-electron chi connectivity index (χ4n) is 14.2. The number of nitrogens with zero attached hydrogens (tertiary/aromatic N) is 15. The minimum absolute atomic E-state index is 0.0344. The number of aliphatic hydroxyl groups excluding tert-OH is 1. The second kappa shape index (κ2) is 26.9. The number of imidazole rings is 3. The second-order valence-electron chi connectivity index (χ2n) is 25.8. The number of fused-ring (bicyclic) bond motifs is 6. The van der Waals surface area contributed by atoms with E-state index in [1.165, 1.54) is 16.7 Å². The highest BCUT2D eigenvalue weighted by atomic mass is 16.3. The van der Waals surface area contributed by atoms with Gasteiger partial charge in [0.2, 0.25) is 0 Å². The second-order valence-corrected chi connectivity index (χ2v) is 25.8. The Labute approximate surface area is 541 Å². The van der Waals surface area contributed by atoms with Crippen LogP contribution in [-0.2, 0) is 19.3 Å². The highest BCUT2D eigenvalue weighted by Gasteiger charge is 2.24. The van der Waals surface area contributed by atoms with Crippen LogP contribution in [0.4, 0.5) is 0 Å². The highest BCUT2D eigenvalue weighted by Crippen LogP contribution is 2.32. The number of β-amino-alcohol motifs (C(OH)–C–C–N with tert-alkyl or cyclic N) is 1. The third-order valence-corrected chi connectivity index (χ3v) is 19.5. The Morgan fingerprint density at radius 1 is 0.409 bits per heavy atom. The van der Waals surface area contributed by atoms with Gasteiger partial charge in [0.15, 0.2) is 0 Å². The van der Waals surface area contributed by atoms with Crippen LogP contribution >= 0.6 is 0 Å². The molecule has 3 aliphatic rings. The van der Waals surface area contributed by atoms with Crippen LogP contribution in [0.5, 0.6) is 0 Å². The number of hydrogen-bond acceptors (Lipinski definition) is 13. The normalized spacial score (nSPS) is 15.8. The number of aliphatic hydroxyl groups is 1. The van der Waals surface area contributed by atoms with Crippen LogP contribution in [0.3, 0.4) is 0 Å². The van der Waals surface area contributed by atoms with Crippen LogP contribution in [0.1, 0.15) is 134 Å². The van der Waals surface area contributed by atoms with Gasteiger partial charge in [0.25, 0.3) is 16.7 Å². The first-order valence-corrected chi connectivity index (χ1v) is 33.4. The smallest absolute Gasteiger partial charge is 0.258 e. The fourth-order valence-corrected chi connectivity index (χ4v) is 14.2. The lowest BCUT2D eigenvalue weighted by Gasteiger charge is -2.31. The van der Waals surface area contributed by atoms with Gasteiger partial charge in [0.05, 0.1) is 40.8 Å². The van der Waals surface area contributed by atoms with Crippen LogP contribution in [0.2, 0.25) is 0 Å². The van der Waals surface area contributed by atoms with E-state index in [9.17, 15) is 14.4 Å². The molecule has 12 aromatic heterocycles. The predicted octanol–water partition coefficient (Wildman–Crippen LogP) is 10.8. The standard InChI is InChI=1S/C25H29N5O2.C25H29N5O.C24H27N5O/c1-3-18-12-21(15-29-14-17(2)26-25(18)29)22-13-24(32)30-16-20(4-5-23(30)27-22)19-6-8-28(9-7-19)10-11-31;1-4-18-12-21(15-29-14-17(3)26-25(18)29)22-13-24(31)30-16-20(6-7-23(30)27-22)19-8-10-28(5-2)11-9-19;1-4-17-11-20(14-28-13-16(2)25-24(17)28)21-12-23(30)29-15-19(5-6-22(29)26-21)18-7-9-27(3)10-8-18/h4-5,12-16,19,31H,3,6-11H2,1-2H3;6-7,12-16,19H,4-5,8-11H2,1-3H3;5-6,11-15,18H,4,7-10H2,1-3H3. The van der Waals surface area contributed by atoms with Crippen molar-refractivity contribution in [3.05, 3.63) is 210 Å². The van der Waals surface area contributed by atoms with E-state index in [0.29, 0.717) is 51.8 Å². The summed E-state index contributed by atoms with van der Waals surface area (Å²) in [4.78, 5) is 74.5. The quantitative estimate of drug-likeness (QED) is 0.122. The Hall–Kier alpha value is -9.01. The van der Waals surface area contributed by atoms with E-state index in [1.807, 2.05) is 108 Å².